The lowest BCUT2D eigenvalue weighted by Gasteiger charge is -2.11. The van der Waals surface area contributed by atoms with Crippen molar-refractivity contribution >= 4 is 0 Å². The highest BCUT2D eigenvalue weighted by molar-refractivity contribution is 5.37. The van der Waals surface area contributed by atoms with E-state index in [9.17, 15) is 0 Å². The van der Waals surface area contributed by atoms with E-state index in [0.717, 1.165) is 45.2 Å². The average Bonchev–Trinajstić information content (AvgIpc) is 2.96. The molecular formula is C26H29N. The van der Waals surface area contributed by atoms with Crippen LogP contribution in [0, 0.1) is 11.8 Å². The second-order valence-corrected chi connectivity index (χ2v) is 7.05. The summed E-state index contributed by atoms with van der Waals surface area (Å²) >= 11 is 0. The van der Waals surface area contributed by atoms with E-state index >= 15 is 0 Å². The molecule has 0 atom stereocenters. The van der Waals surface area contributed by atoms with Gasteiger partial charge in [0.2, 0.25) is 0 Å². The van der Waals surface area contributed by atoms with Crippen molar-refractivity contribution < 1.29 is 0 Å². The van der Waals surface area contributed by atoms with Gasteiger partial charge in [-0.05, 0) is 66.1 Å². The largest absolute Gasteiger partial charge is 0.313 e. The number of hydrogen-bond acceptors (Lipinski definition) is 1. The van der Waals surface area contributed by atoms with Gasteiger partial charge in [0.05, 0.1) is 0 Å². The normalized spacial score (nSPS) is 13.2. The van der Waals surface area contributed by atoms with Crippen LogP contribution in [0.4, 0.5) is 0 Å². The Morgan fingerprint density at radius 2 is 1.63 bits per heavy atom. The molecule has 1 nitrogen and oxygen atoms in total. The fourth-order valence-electron chi connectivity index (χ4n) is 3.48. The molecule has 3 rings (SSSR count). The summed E-state index contributed by atoms with van der Waals surface area (Å²) in [4.78, 5) is 0. The summed E-state index contributed by atoms with van der Waals surface area (Å²) in [5.41, 5.74) is 7.11. The van der Waals surface area contributed by atoms with E-state index in [1.54, 1.807) is 0 Å². The molecule has 0 radical (unpaired) electrons. The zero-order valence-electron chi connectivity index (χ0n) is 16.3. The number of aryl methyl sites for hydroxylation is 2. The van der Waals surface area contributed by atoms with E-state index in [2.05, 4.69) is 84.8 Å². The smallest absolute Gasteiger partial charge is 0.0321 e. The Labute approximate surface area is 164 Å². The molecule has 27 heavy (non-hydrogen) atoms. The second kappa shape index (κ2) is 10.6. The summed E-state index contributed by atoms with van der Waals surface area (Å²) in [5, 5.41) is 3.61. The summed E-state index contributed by atoms with van der Waals surface area (Å²) in [7, 11) is 0. The minimum Gasteiger partial charge on any atom is -0.313 e. The fourth-order valence-corrected chi connectivity index (χ4v) is 3.48. The molecule has 0 spiro atoms. The van der Waals surface area contributed by atoms with Gasteiger partial charge < -0.3 is 5.32 Å². The molecule has 2 aromatic rings. The highest BCUT2D eigenvalue weighted by Gasteiger charge is 2.04. The predicted octanol–water partition coefficient (Wildman–Crippen LogP) is 5.27. The third-order valence-electron chi connectivity index (χ3n) is 5.07. The van der Waals surface area contributed by atoms with E-state index in [-0.39, 0.29) is 0 Å². The Kier molecular flexibility index (Phi) is 7.51. The Morgan fingerprint density at radius 1 is 0.889 bits per heavy atom. The van der Waals surface area contributed by atoms with Gasteiger partial charge in [0.1, 0.15) is 0 Å². The van der Waals surface area contributed by atoms with Crippen LogP contribution in [-0.2, 0) is 19.3 Å². The summed E-state index contributed by atoms with van der Waals surface area (Å²) in [6.45, 7) is 4.15. The van der Waals surface area contributed by atoms with Crippen molar-refractivity contribution in [3.05, 3.63) is 94.6 Å². The highest BCUT2D eigenvalue weighted by atomic mass is 14.8. The molecular weight excluding hydrogens is 326 g/mol. The van der Waals surface area contributed by atoms with Crippen LogP contribution in [0.5, 0.6) is 0 Å². The lowest BCUT2D eigenvalue weighted by atomic mass is 10.0. The zero-order chi connectivity index (χ0) is 18.7. The molecule has 0 bridgehead atoms. The summed E-state index contributed by atoms with van der Waals surface area (Å²) in [5.74, 6) is 6.31. The predicted molar refractivity (Wildman–Crippen MR) is 116 cm³/mol. The minimum absolute atomic E-state index is 0.887. The van der Waals surface area contributed by atoms with E-state index in [1.165, 1.54) is 27.8 Å². The molecule has 0 amide bonds. The molecule has 0 aromatic heterocycles. The maximum atomic E-state index is 3.61. The van der Waals surface area contributed by atoms with Crippen LogP contribution in [0.1, 0.15) is 36.5 Å². The van der Waals surface area contributed by atoms with Gasteiger partial charge in [-0.25, -0.2) is 0 Å². The zero-order valence-corrected chi connectivity index (χ0v) is 16.3. The molecule has 0 unspecified atom stereocenters. The van der Waals surface area contributed by atoms with Crippen LogP contribution in [0.2, 0.25) is 0 Å². The standard InChI is InChI=1S/C26H29N/c1-2-25-14-7-4-8-15-26(25)21-27-19-18-24-13-9-12-23(20-24)17-16-22-10-5-3-6-11-22/h3,5-7,9-14,20,27H,2,15-19,21H2,1H3. The maximum Gasteiger partial charge on any atom is 0.0321 e. The van der Waals surface area contributed by atoms with Crippen molar-refractivity contribution in [3.63, 3.8) is 0 Å². The van der Waals surface area contributed by atoms with Crippen LogP contribution < -0.4 is 5.32 Å². The van der Waals surface area contributed by atoms with Crippen LogP contribution >= 0.6 is 0 Å². The molecule has 1 N–H and O–H groups in total. The van der Waals surface area contributed by atoms with Gasteiger partial charge in [-0.1, -0.05) is 79.4 Å². The number of hydrogen-bond donors (Lipinski definition) is 1. The van der Waals surface area contributed by atoms with Gasteiger partial charge in [-0.15, -0.1) is 0 Å². The van der Waals surface area contributed by atoms with Crippen molar-refractivity contribution in [2.75, 3.05) is 13.1 Å². The van der Waals surface area contributed by atoms with Gasteiger partial charge in [0.25, 0.3) is 0 Å². The van der Waals surface area contributed by atoms with Gasteiger partial charge in [0.15, 0.2) is 0 Å². The van der Waals surface area contributed by atoms with E-state index in [4.69, 9.17) is 0 Å². The van der Waals surface area contributed by atoms with Crippen LogP contribution in [0.15, 0.2) is 77.9 Å². The molecule has 2 aromatic carbocycles. The summed E-state index contributed by atoms with van der Waals surface area (Å²) in [6, 6.07) is 19.8. The third kappa shape index (κ3) is 6.27. The monoisotopic (exact) mass is 355 g/mol. The van der Waals surface area contributed by atoms with Crippen molar-refractivity contribution in [3.8, 4) is 11.8 Å². The molecule has 0 saturated carbocycles. The molecule has 138 valence electrons. The highest BCUT2D eigenvalue weighted by Crippen LogP contribution is 2.15. The molecule has 0 heterocycles. The van der Waals surface area contributed by atoms with Crippen LogP contribution in [0.25, 0.3) is 0 Å². The van der Waals surface area contributed by atoms with E-state index < -0.39 is 0 Å². The van der Waals surface area contributed by atoms with Crippen molar-refractivity contribution in [1.29, 1.82) is 0 Å². The van der Waals surface area contributed by atoms with Gasteiger partial charge >= 0.3 is 0 Å². The van der Waals surface area contributed by atoms with E-state index in [0.29, 0.717) is 0 Å². The van der Waals surface area contributed by atoms with Gasteiger partial charge in [0, 0.05) is 13.0 Å². The Morgan fingerprint density at radius 3 is 2.44 bits per heavy atom. The first-order valence-electron chi connectivity index (χ1n) is 10.0. The van der Waals surface area contributed by atoms with E-state index in [1.807, 2.05) is 6.08 Å². The molecule has 1 aliphatic carbocycles. The molecule has 1 heteroatoms. The maximum absolute atomic E-state index is 3.61. The first-order chi connectivity index (χ1) is 13.3. The lowest BCUT2D eigenvalue weighted by Crippen LogP contribution is -2.20. The van der Waals surface area contributed by atoms with Crippen LogP contribution in [-0.4, -0.2) is 13.1 Å². The van der Waals surface area contributed by atoms with Crippen molar-refractivity contribution in [2.45, 2.75) is 39.0 Å². The SMILES string of the molecule is CCC1=C(CNCCc2cccc(CCc3ccccc3)c2)CC#CC=C1. The molecule has 0 aliphatic heterocycles. The van der Waals surface area contributed by atoms with Crippen LogP contribution in [0.3, 0.4) is 0 Å². The molecule has 1 aliphatic rings. The minimum atomic E-state index is 0.887. The third-order valence-corrected chi connectivity index (χ3v) is 5.07. The van der Waals surface area contributed by atoms with Gasteiger partial charge in [-0.3, -0.25) is 0 Å². The Hall–Kier alpha value is -2.56. The van der Waals surface area contributed by atoms with Crippen molar-refractivity contribution in [1.82, 2.24) is 5.32 Å². The van der Waals surface area contributed by atoms with Crippen molar-refractivity contribution in [2.24, 2.45) is 0 Å². The Balaban J connectivity index is 1.47. The summed E-state index contributed by atoms with van der Waals surface area (Å²) < 4.78 is 0. The number of nitrogens with one attached hydrogen (secondary N) is 1. The Bertz CT molecular complexity index is 847. The first kappa shape index (κ1) is 19.2. The second-order valence-electron chi connectivity index (χ2n) is 7.05. The molecule has 0 fully saturated rings. The molecule has 0 saturated heterocycles. The van der Waals surface area contributed by atoms with Gasteiger partial charge in [-0.2, -0.15) is 0 Å². The number of allylic oxidation sites excluding steroid dienone is 3. The number of benzene rings is 2. The number of rotatable bonds is 9. The summed E-state index contributed by atoms with van der Waals surface area (Å²) in [6.07, 6.45) is 9.38. The topological polar surface area (TPSA) is 12.0 Å². The lowest BCUT2D eigenvalue weighted by molar-refractivity contribution is 0.717. The quantitative estimate of drug-likeness (QED) is 0.477. The fraction of sp³-hybridized carbons (Fsp3) is 0.308. The average molecular weight is 356 g/mol. The first-order valence-corrected chi connectivity index (χ1v) is 10.0.